The average Bonchev–Trinajstić information content (AvgIpc) is 3.23. The molecule has 0 atom stereocenters. The molecule has 0 aliphatic carbocycles. The van der Waals surface area contributed by atoms with Crippen molar-refractivity contribution < 1.29 is 14.6 Å². The summed E-state index contributed by atoms with van der Waals surface area (Å²) in [7, 11) is 0. The minimum atomic E-state index is -0.926. The number of anilines is 3. The van der Waals surface area contributed by atoms with Crippen LogP contribution in [-0.2, 0) is 9.53 Å². The number of aliphatic carboxylic acids is 1. The Kier molecular flexibility index (Phi) is 6.20. The van der Waals surface area contributed by atoms with Crippen LogP contribution in [0.5, 0.6) is 0 Å². The monoisotopic (exact) mass is 425 g/mol. The molecule has 1 aliphatic heterocycles. The van der Waals surface area contributed by atoms with E-state index in [4.69, 9.17) is 14.8 Å². The van der Waals surface area contributed by atoms with Crippen LogP contribution in [0.1, 0.15) is 18.4 Å². The van der Waals surface area contributed by atoms with Gasteiger partial charge >= 0.3 is 5.97 Å². The van der Waals surface area contributed by atoms with Crippen LogP contribution in [0, 0.1) is 6.92 Å². The Labute approximate surface area is 178 Å². The Balaban J connectivity index is 1.40. The molecule has 3 aromatic heterocycles. The number of hydrogen-bond acceptors (Lipinski definition) is 8. The lowest BCUT2D eigenvalue weighted by atomic mass is 10.1. The molecule has 0 unspecified atom stereocenters. The van der Waals surface area contributed by atoms with Crippen LogP contribution < -0.4 is 10.2 Å². The second-order valence-electron chi connectivity index (χ2n) is 7.15. The summed E-state index contributed by atoms with van der Waals surface area (Å²) in [4.78, 5) is 27.5. The molecule has 0 bridgehead atoms. The number of hydrogen-bond donors (Lipinski definition) is 2. The standard InChI is InChI=1S/C21H23N5O3S/c1-14-5-8-22-19(11-14)25-18-4-2-3-16(24-18)17-12-23-21(30-17)26-9-6-15(7-10-26)29-13-20(27)28/h2-5,8,11-12,15H,6-7,9-10,13H2,1H3,(H,27,28)(H,22,24,25). The van der Waals surface area contributed by atoms with Gasteiger partial charge in [-0.25, -0.2) is 19.7 Å². The topological polar surface area (TPSA) is 100 Å². The predicted molar refractivity (Wildman–Crippen MR) is 116 cm³/mol. The lowest BCUT2D eigenvalue weighted by Gasteiger charge is -2.31. The number of nitrogens with one attached hydrogen (secondary N) is 1. The minimum absolute atomic E-state index is 0.00330. The molecule has 1 fully saturated rings. The number of thiazole rings is 1. The number of aromatic nitrogens is 3. The Morgan fingerprint density at radius 1 is 1.27 bits per heavy atom. The molecule has 1 aliphatic rings. The first-order valence-electron chi connectivity index (χ1n) is 9.78. The van der Waals surface area contributed by atoms with Gasteiger partial charge in [-0.1, -0.05) is 17.4 Å². The van der Waals surface area contributed by atoms with E-state index in [0.717, 1.165) is 58.8 Å². The lowest BCUT2D eigenvalue weighted by molar-refractivity contribution is -0.144. The summed E-state index contributed by atoms with van der Waals surface area (Å²) in [6.45, 7) is 3.38. The van der Waals surface area contributed by atoms with Gasteiger partial charge in [-0.05, 0) is 49.6 Å². The largest absolute Gasteiger partial charge is 0.480 e. The highest BCUT2D eigenvalue weighted by Crippen LogP contribution is 2.32. The Hall–Kier alpha value is -3.04. The molecule has 0 amide bonds. The van der Waals surface area contributed by atoms with Crippen molar-refractivity contribution in [3.8, 4) is 10.6 Å². The Bertz CT molecular complexity index is 1020. The number of aryl methyl sites for hydroxylation is 1. The number of carboxylic acid groups (broad SMARTS) is 1. The van der Waals surface area contributed by atoms with Gasteiger partial charge in [0.05, 0.1) is 16.7 Å². The number of pyridine rings is 2. The second-order valence-corrected chi connectivity index (χ2v) is 8.16. The molecule has 4 rings (SSSR count). The first kappa shape index (κ1) is 20.2. The zero-order chi connectivity index (χ0) is 20.9. The van der Waals surface area contributed by atoms with Crippen LogP contribution in [0.4, 0.5) is 16.8 Å². The van der Waals surface area contributed by atoms with E-state index in [1.54, 1.807) is 17.5 Å². The fourth-order valence-electron chi connectivity index (χ4n) is 3.31. The van der Waals surface area contributed by atoms with Gasteiger partial charge in [0.1, 0.15) is 18.2 Å². The fourth-order valence-corrected chi connectivity index (χ4v) is 4.25. The van der Waals surface area contributed by atoms with Gasteiger partial charge in [0.25, 0.3) is 0 Å². The zero-order valence-corrected chi connectivity index (χ0v) is 17.4. The van der Waals surface area contributed by atoms with Gasteiger partial charge in [-0.15, -0.1) is 0 Å². The van der Waals surface area contributed by atoms with Crippen molar-refractivity contribution in [2.24, 2.45) is 0 Å². The molecule has 8 nitrogen and oxygen atoms in total. The van der Waals surface area contributed by atoms with Crippen LogP contribution in [-0.4, -0.2) is 51.8 Å². The smallest absolute Gasteiger partial charge is 0.329 e. The van der Waals surface area contributed by atoms with Crippen molar-refractivity contribution >= 4 is 34.1 Å². The van der Waals surface area contributed by atoms with Crippen molar-refractivity contribution in [1.82, 2.24) is 15.0 Å². The van der Waals surface area contributed by atoms with Gasteiger partial charge in [-0.3, -0.25) is 0 Å². The molecular weight excluding hydrogens is 402 g/mol. The van der Waals surface area contributed by atoms with E-state index in [0.29, 0.717) is 0 Å². The van der Waals surface area contributed by atoms with E-state index in [-0.39, 0.29) is 12.7 Å². The Morgan fingerprint density at radius 3 is 2.87 bits per heavy atom. The third-order valence-electron chi connectivity index (χ3n) is 4.82. The van der Waals surface area contributed by atoms with E-state index in [1.165, 1.54) is 0 Å². The van der Waals surface area contributed by atoms with Gasteiger partial charge in [0.15, 0.2) is 5.13 Å². The molecule has 1 saturated heterocycles. The first-order valence-corrected chi connectivity index (χ1v) is 10.6. The maximum Gasteiger partial charge on any atom is 0.329 e. The van der Waals surface area contributed by atoms with Crippen LogP contribution in [0.3, 0.4) is 0 Å². The van der Waals surface area contributed by atoms with Gasteiger partial charge in [0, 0.05) is 25.5 Å². The predicted octanol–water partition coefficient (Wildman–Crippen LogP) is 3.72. The van der Waals surface area contributed by atoms with E-state index in [2.05, 4.69) is 20.2 Å². The molecule has 156 valence electrons. The maximum absolute atomic E-state index is 10.6. The fraction of sp³-hybridized carbons (Fsp3) is 0.333. The highest BCUT2D eigenvalue weighted by atomic mass is 32.1. The average molecular weight is 426 g/mol. The second kappa shape index (κ2) is 9.19. The number of carbonyl (C=O) groups is 1. The molecule has 3 aromatic rings. The molecule has 4 heterocycles. The number of rotatable bonds is 7. The van der Waals surface area contributed by atoms with Crippen molar-refractivity contribution in [1.29, 1.82) is 0 Å². The minimum Gasteiger partial charge on any atom is -0.480 e. The summed E-state index contributed by atoms with van der Waals surface area (Å²) in [5.41, 5.74) is 1.99. The molecule has 0 spiro atoms. The summed E-state index contributed by atoms with van der Waals surface area (Å²) >= 11 is 1.60. The third kappa shape index (κ3) is 5.11. The van der Waals surface area contributed by atoms with Crippen molar-refractivity contribution in [3.63, 3.8) is 0 Å². The zero-order valence-electron chi connectivity index (χ0n) is 16.6. The molecule has 0 radical (unpaired) electrons. The summed E-state index contributed by atoms with van der Waals surface area (Å²) in [6.07, 6.45) is 5.21. The Morgan fingerprint density at radius 2 is 2.10 bits per heavy atom. The molecule has 0 saturated carbocycles. The van der Waals surface area contributed by atoms with Crippen molar-refractivity contribution in [2.45, 2.75) is 25.9 Å². The summed E-state index contributed by atoms with van der Waals surface area (Å²) in [5.74, 6) is 0.568. The summed E-state index contributed by atoms with van der Waals surface area (Å²) in [5, 5.41) is 12.9. The first-order chi connectivity index (χ1) is 14.6. The quantitative estimate of drug-likeness (QED) is 0.591. The normalized spacial score (nSPS) is 14.6. The summed E-state index contributed by atoms with van der Waals surface area (Å²) in [6, 6.07) is 9.78. The highest BCUT2D eigenvalue weighted by molar-refractivity contribution is 7.18. The molecule has 9 heteroatoms. The van der Waals surface area contributed by atoms with E-state index < -0.39 is 5.97 Å². The van der Waals surface area contributed by atoms with E-state index in [9.17, 15) is 4.79 Å². The van der Waals surface area contributed by atoms with Crippen LogP contribution in [0.2, 0.25) is 0 Å². The van der Waals surface area contributed by atoms with Crippen LogP contribution in [0.25, 0.3) is 10.6 Å². The molecule has 2 N–H and O–H groups in total. The van der Waals surface area contributed by atoms with Crippen molar-refractivity contribution in [3.05, 3.63) is 48.3 Å². The molecule has 0 aromatic carbocycles. The summed E-state index contributed by atoms with van der Waals surface area (Å²) < 4.78 is 5.41. The number of piperidine rings is 1. The molecule has 30 heavy (non-hydrogen) atoms. The third-order valence-corrected chi connectivity index (χ3v) is 5.90. The highest BCUT2D eigenvalue weighted by Gasteiger charge is 2.22. The number of carboxylic acids is 1. The van der Waals surface area contributed by atoms with Crippen LogP contribution >= 0.6 is 11.3 Å². The van der Waals surface area contributed by atoms with E-state index >= 15 is 0 Å². The van der Waals surface area contributed by atoms with Gasteiger partial charge in [0.2, 0.25) is 0 Å². The van der Waals surface area contributed by atoms with Gasteiger partial charge in [-0.2, -0.15) is 0 Å². The lowest BCUT2D eigenvalue weighted by Crippen LogP contribution is -2.37. The number of nitrogens with zero attached hydrogens (tertiary/aromatic N) is 4. The SMILES string of the molecule is Cc1ccnc(Nc2cccc(-c3cnc(N4CCC(OCC(=O)O)CC4)s3)n2)c1. The van der Waals surface area contributed by atoms with Crippen molar-refractivity contribution in [2.75, 3.05) is 29.9 Å². The van der Waals surface area contributed by atoms with E-state index in [1.807, 2.05) is 43.5 Å². The number of ether oxygens (including phenoxy) is 1. The maximum atomic E-state index is 10.6. The molecular formula is C21H23N5O3S. The van der Waals surface area contributed by atoms with Crippen LogP contribution in [0.15, 0.2) is 42.7 Å². The van der Waals surface area contributed by atoms with Gasteiger partial charge < -0.3 is 20.1 Å².